The van der Waals surface area contributed by atoms with E-state index in [1.807, 2.05) is 24.3 Å². The van der Waals surface area contributed by atoms with Gasteiger partial charge in [-0.2, -0.15) is 0 Å². The third kappa shape index (κ3) is 6.03. The fourth-order valence-electron chi connectivity index (χ4n) is 4.04. The Balaban J connectivity index is 1.47. The van der Waals surface area contributed by atoms with Crippen molar-refractivity contribution in [3.63, 3.8) is 0 Å². The lowest BCUT2D eigenvalue weighted by atomic mass is 9.93. The predicted octanol–water partition coefficient (Wildman–Crippen LogP) is 4.25. The van der Waals surface area contributed by atoms with Crippen LogP contribution in [0.15, 0.2) is 77.9 Å². The van der Waals surface area contributed by atoms with E-state index in [0.717, 1.165) is 59.7 Å². The van der Waals surface area contributed by atoms with Crippen LogP contribution in [0, 0.1) is 5.92 Å². The van der Waals surface area contributed by atoms with Crippen molar-refractivity contribution in [1.29, 1.82) is 0 Å². The van der Waals surface area contributed by atoms with Crippen molar-refractivity contribution in [2.24, 2.45) is 5.92 Å². The van der Waals surface area contributed by atoms with Crippen molar-refractivity contribution < 1.29 is 9.90 Å². The van der Waals surface area contributed by atoms with Crippen LogP contribution in [0.3, 0.4) is 0 Å². The van der Waals surface area contributed by atoms with Crippen LogP contribution in [0.5, 0.6) is 0 Å². The molecule has 1 aromatic heterocycles. The SMILES string of the molecule is O=C(NCc1cc(Cl)ccn1)C1C=C2NC(CCCCCO)=C(c3ccccc3)NC2=CC1. The molecule has 172 valence electrons. The zero-order valence-electron chi connectivity index (χ0n) is 18.5. The molecule has 1 aliphatic carbocycles. The van der Waals surface area contributed by atoms with Crippen molar-refractivity contribution in [2.45, 2.75) is 38.6 Å². The molecular formula is C26H29ClN4O2. The van der Waals surface area contributed by atoms with E-state index in [1.165, 1.54) is 0 Å². The number of nitrogens with one attached hydrogen (secondary N) is 3. The highest BCUT2D eigenvalue weighted by molar-refractivity contribution is 6.30. The second kappa shape index (κ2) is 11.2. The van der Waals surface area contributed by atoms with Crippen LogP contribution < -0.4 is 16.0 Å². The third-order valence-electron chi connectivity index (χ3n) is 5.79. The summed E-state index contributed by atoms with van der Waals surface area (Å²) >= 11 is 6.01. The number of hydrogen-bond donors (Lipinski definition) is 4. The molecule has 0 fully saturated rings. The lowest BCUT2D eigenvalue weighted by Crippen LogP contribution is -2.36. The van der Waals surface area contributed by atoms with Crippen LogP contribution >= 0.6 is 11.6 Å². The number of nitrogens with zero attached hydrogens (tertiary/aromatic N) is 1. The maximum absolute atomic E-state index is 12.8. The molecule has 4 rings (SSSR count). The van der Waals surface area contributed by atoms with E-state index in [2.05, 4.69) is 39.1 Å². The molecule has 4 N–H and O–H groups in total. The molecule has 2 aromatic rings. The van der Waals surface area contributed by atoms with Gasteiger partial charge in [-0.15, -0.1) is 0 Å². The summed E-state index contributed by atoms with van der Waals surface area (Å²) in [5.74, 6) is -0.296. The van der Waals surface area contributed by atoms with Gasteiger partial charge < -0.3 is 21.1 Å². The second-order valence-electron chi connectivity index (χ2n) is 8.23. The first kappa shape index (κ1) is 23.1. The summed E-state index contributed by atoms with van der Waals surface area (Å²) in [7, 11) is 0. The fraction of sp³-hybridized carbons (Fsp3) is 0.308. The third-order valence-corrected chi connectivity index (χ3v) is 6.02. The number of aliphatic hydroxyl groups is 1. The Kier molecular flexibility index (Phi) is 7.81. The standard InChI is InChI=1S/C26H29ClN4O2/c27-20-12-13-28-21(16-20)17-29-26(33)19-10-11-22-24(15-19)30-23(9-5-2-6-14-32)25(31-22)18-7-3-1-4-8-18/h1,3-4,7-8,11-13,15-16,19,30-32H,2,5-6,9-10,14,17H2,(H,29,33). The fourth-order valence-corrected chi connectivity index (χ4v) is 4.22. The molecule has 2 heterocycles. The van der Waals surface area contributed by atoms with Crippen LogP contribution in [0.1, 0.15) is 43.4 Å². The number of rotatable bonds is 9. The number of hydrogen-bond acceptors (Lipinski definition) is 5. The van der Waals surface area contributed by atoms with Gasteiger partial charge in [-0.25, -0.2) is 0 Å². The van der Waals surface area contributed by atoms with Crippen molar-refractivity contribution in [1.82, 2.24) is 20.9 Å². The number of carbonyl (C=O) groups is 1. The Morgan fingerprint density at radius 3 is 2.76 bits per heavy atom. The molecule has 1 aliphatic heterocycles. The van der Waals surface area contributed by atoms with Crippen LogP contribution in [0.25, 0.3) is 5.70 Å². The van der Waals surface area contributed by atoms with Gasteiger partial charge in [0.15, 0.2) is 0 Å². The zero-order valence-corrected chi connectivity index (χ0v) is 19.2. The first-order chi connectivity index (χ1) is 16.1. The minimum Gasteiger partial charge on any atom is -0.396 e. The van der Waals surface area contributed by atoms with Crippen LogP contribution in [0.2, 0.25) is 5.02 Å². The van der Waals surface area contributed by atoms with E-state index in [-0.39, 0.29) is 18.4 Å². The van der Waals surface area contributed by atoms with E-state index in [0.29, 0.717) is 18.0 Å². The number of halogens is 1. The molecule has 2 aliphatic rings. The Morgan fingerprint density at radius 2 is 1.97 bits per heavy atom. The smallest absolute Gasteiger partial charge is 0.227 e. The molecule has 1 atom stereocenters. The highest BCUT2D eigenvalue weighted by atomic mass is 35.5. The highest BCUT2D eigenvalue weighted by Crippen LogP contribution is 2.31. The average molecular weight is 465 g/mol. The minimum absolute atomic E-state index is 0.0382. The number of amides is 1. The normalized spacial score (nSPS) is 17.3. The molecule has 0 bridgehead atoms. The quantitative estimate of drug-likeness (QED) is 0.417. The molecule has 0 saturated heterocycles. The van der Waals surface area contributed by atoms with E-state index in [4.69, 9.17) is 16.7 Å². The van der Waals surface area contributed by atoms with Crippen molar-refractivity contribution in [3.8, 4) is 0 Å². The number of aromatic nitrogens is 1. The van der Waals surface area contributed by atoms with Gasteiger partial charge in [0.05, 0.1) is 35.2 Å². The highest BCUT2D eigenvalue weighted by Gasteiger charge is 2.26. The van der Waals surface area contributed by atoms with Gasteiger partial charge in [-0.05, 0) is 49.5 Å². The molecule has 1 amide bonds. The van der Waals surface area contributed by atoms with Gasteiger partial charge in [0.2, 0.25) is 5.91 Å². The van der Waals surface area contributed by atoms with Gasteiger partial charge in [-0.3, -0.25) is 9.78 Å². The lowest BCUT2D eigenvalue weighted by molar-refractivity contribution is -0.123. The molecule has 0 saturated carbocycles. The Labute approximate surface area is 199 Å². The Hall–Kier alpha value is -3.09. The number of unbranched alkanes of at least 4 members (excludes halogenated alkanes) is 2. The van der Waals surface area contributed by atoms with E-state index in [1.54, 1.807) is 18.3 Å². The summed E-state index contributed by atoms with van der Waals surface area (Å²) in [5.41, 5.74) is 5.95. The second-order valence-corrected chi connectivity index (χ2v) is 8.66. The van der Waals surface area contributed by atoms with Crippen molar-refractivity contribution in [3.05, 3.63) is 94.2 Å². The summed E-state index contributed by atoms with van der Waals surface area (Å²) in [5, 5.41) is 19.8. The van der Waals surface area contributed by atoms with Crippen LogP contribution in [0.4, 0.5) is 0 Å². The van der Waals surface area contributed by atoms with Crippen LogP contribution in [-0.4, -0.2) is 22.6 Å². The number of fused-ring (bicyclic) bond motifs is 1. The van der Waals surface area contributed by atoms with Crippen molar-refractivity contribution >= 4 is 23.2 Å². The number of pyridine rings is 1. The average Bonchev–Trinajstić information content (AvgIpc) is 2.85. The van der Waals surface area contributed by atoms with E-state index < -0.39 is 0 Å². The van der Waals surface area contributed by atoms with Gasteiger partial charge in [0, 0.05) is 23.5 Å². The van der Waals surface area contributed by atoms with Crippen molar-refractivity contribution in [2.75, 3.05) is 6.61 Å². The zero-order chi connectivity index (χ0) is 23.0. The predicted molar refractivity (Wildman–Crippen MR) is 131 cm³/mol. The monoisotopic (exact) mass is 464 g/mol. The van der Waals surface area contributed by atoms with Gasteiger partial charge in [0.25, 0.3) is 0 Å². The lowest BCUT2D eigenvalue weighted by Gasteiger charge is -2.32. The van der Waals surface area contributed by atoms with E-state index in [9.17, 15) is 4.79 Å². The molecule has 6 nitrogen and oxygen atoms in total. The molecule has 0 spiro atoms. The first-order valence-electron chi connectivity index (χ1n) is 11.4. The summed E-state index contributed by atoms with van der Waals surface area (Å²) in [6.07, 6.45) is 9.94. The van der Waals surface area contributed by atoms with E-state index >= 15 is 0 Å². The number of benzene rings is 1. The largest absolute Gasteiger partial charge is 0.396 e. The summed E-state index contributed by atoms with van der Waals surface area (Å²) in [6.45, 7) is 0.561. The van der Waals surface area contributed by atoms with Gasteiger partial charge in [0.1, 0.15) is 0 Å². The molecule has 1 aromatic carbocycles. The summed E-state index contributed by atoms with van der Waals surface area (Å²) in [6, 6.07) is 13.7. The topological polar surface area (TPSA) is 86.3 Å². The number of aliphatic hydroxyl groups excluding tert-OH is 1. The molecule has 0 radical (unpaired) electrons. The van der Waals surface area contributed by atoms with Crippen LogP contribution in [-0.2, 0) is 11.3 Å². The minimum atomic E-state index is -0.258. The maximum atomic E-state index is 12.8. The van der Waals surface area contributed by atoms with Gasteiger partial charge in [-0.1, -0.05) is 54.4 Å². The van der Waals surface area contributed by atoms with Gasteiger partial charge >= 0.3 is 0 Å². The first-order valence-corrected chi connectivity index (χ1v) is 11.8. The molecule has 1 unspecified atom stereocenters. The summed E-state index contributed by atoms with van der Waals surface area (Å²) in [4.78, 5) is 17.1. The molecule has 33 heavy (non-hydrogen) atoms. The summed E-state index contributed by atoms with van der Waals surface area (Å²) < 4.78 is 0. The molecule has 7 heteroatoms. The Bertz CT molecular complexity index is 1080. The number of allylic oxidation sites excluding steroid dienone is 2. The molecular weight excluding hydrogens is 436 g/mol. The maximum Gasteiger partial charge on any atom is 0.227 e. The Morgan fingerprint density at radius 1 is 1.12 bits per heavy atom. The number of carbonyl (C=O) groups excluding carboxylic acids is 1.